The predicted molar refractivity (Wildman–Crippen MR) is 93.3 cm³/mol. The topological polar surface area (TPSA) is 65.4 Å². The molecule has 1 aliphatic rings. The lowest BCUT2D eigenvalue weighted by Gasteiger charge is -2.05. The molecule has 0 fully saturated rings. The number of fused-ring (bicyclic) bond motifs is 1. The number of rotatable bonds is 4. The molecule has 1 aliphatic heterocycles. The number of nitrogens with zero attached hydrogens (tertiary/aromatic N) is 2. The average Bonchev–Trinajstić information content (AvgIpc) is 3.23. The summed E-state index contributed by atoms with van der Waals surface area (Å²) < 4.78 is 25.7. The van der Waals surface area contributed by atoms with Crippen molar-refractivity contribution in [3.8, 4) is 11.5 Å². The van der Waals surface area contributed by atoms with E-state index in [1.54, 1.807) is 36.4 Å². The molecule has 0 unspecified atom stereocenters. The summed E-state index contributed by atoms with van der Waals surface area (Å²) in [6.07, 6.45) is 1.53. The number of ether oxygens (including phenoxy) is 2. The molecule has 6 nitrogen and oxygen atoms in total. The summed E-state index contributed by atoms with van der Waals surface area (Å²) in [5.41, 5.74) is 0.856. The van der Waals surface area contributed by atoms with Crippen molar-refractivity contribution in [2.24, 2.45) is 0 Å². The highest BCUT2D eigenvalue weighted by molar-refractivity contribution is 6.33. The van der Waals surface area contributed by atoms with Crippen LogP contribution < -0.4 is 14.8 Å². The monoisotopic (exact) mass is 373 g/mol. The molecule has 3 aromatic rings. The molecule has 1 amide bonds. The number of amides is 1. The minimum atomic E-state index is -0.388. The third-order valence-corrected chi connectivity index (χ3v) is 4.15. The molecular formula is C18H13ClFN3O3. The smallest absolute Gasteiger partial charge is 0.257 e. The highest BCUT2D eigenvalue weighted by Gasteiger charge is 2.18. The maximum absolute atomic E-state index is 13.8. The van der Waals surface area contributed by atoms with Crippen LogP contribution in [-0.2, 0) is 6.54 Å². The first-order valence-corrected chi connectivity index (χ1v) is 8.15. The predicted octanol–water partition coefficient (Wildman–Crippen LogP) is 3.70. The van der Waals surface area contributed by atoms with E-state index in [0.717, 1.165) is 0 Å². The number of anilines is 1. The molecule has 8 heteroatoms. The van der Waals surface area contributed by atoms with Gasteiger partial charge in [0.25, 0.3) is 5.91 Å². The number of aromatic nitrogens is 2. The Morgan fingerprint density at radius 3 is 2.88 bits per heavy atom. The summed E-state index contributed by atoms with van der Waals surface area (Å²) in [4.78, 5) is 12.4. The number of carbonyl (C=O) groups excluding carboxylic acids is 1. The molecule has 2 aromatic carbocycles. The van der Waals surface area contributed by atoms with Gasteiger partial charge in [-0.3, -0.25) is 9.48 Å². The molecule has 4 rings (SSSR count). The van der Waals surface area contributed by atoms with Gasteiger partial charge in [0.05, 0.1) is 6.54 Å². The third-order valence-electron chi connectivity index (χ3n) is 3.87. The second-order valence-corrected chi connectivity index (χ2v) is 6.04. The highest BCUT2D eigenvalue weighted by atomic mass is 35.5. The van der Waals surface area contributed by atoms with Gasteiger partial charge < -0.3 is 14.8 Å². The van der Waals surface area contributed by atoms with Crippen LogP contribution in [0.2, 0.25) is 5.02 Å². The molecule has 0 saturated heterocycles. The zero-order chi connectivity index (χ0) is 18.1. The van der Waals surface area contributed by atoms with Gasteiger partial charge in [-0.15, -0.1) is 0 Å². The summed E-state index contributed by atoms with van der Waals surface area (Å²) in [6.45, 7) is 0.332. The van der Waals surface area contributed by atoms with Crippen LogP contribution in [-0.4, -0.2) is 22.5 Å². The van der Waals surface area contributed by atoms with Crippen LogP contribution in [0.4, 0.5) is 10.2 Å². The molecule has 0 atom stereocenters. The minimum absolute atomic E-state index is 0.132. The van der Waals surface area contributed by atoms with Crippen molar-refractivity contribution in [1.29, 1.82) is 0 Å². The van der Waals surface area contributed by atoms with Crippen molar-refractivity contribution >= 4 is 23.3 Å². The van der Waals surface area contributed by atoms with E-state index in [9.17, 15) is 9.18 Å². The van der Waals surface area contributed by atoms with Crippen molar-refractivity contribution in [2.75, 3.05) is 12.1 Å². The van der Waals surface area contributed by atoms with Crippen molar-refractivity contribution in [3.63, 3.8) is 0 Å². The van der Waals surface area contributed by atoms with Crippen LogP contribution in [0.5, 0.6) is 11.5 Å². The van der Waals surface area contributed by atoms with E-state index in [1.807, 2.05) is 0 Å². The Morgan fingerprint density at radius 1 is 1.23 bits per heavy atom. The number of hydrogen-bond acceptors (Lipinski definition) is 4. The molecule has 0 spiro atoms. The Kier molecular flexibility index (Phi) is 4.22. The zero-order valence-corrected chi connectivity index (χ0v) is 14.2. The van der Waals surface area contributed by atoms with Gasteiger partial charge in [0.2, 0.25) is 6.79 Å². The quantitative estimate of drug-likeness (QED) is 0.757. The van der Waals surface area contributed by atoms with Gasteiger partial charge in [0, 0.05) is 17.3 Å². The van der Waals surface area contributed by atoms with Crippen molar-refractivity contribution < 1.29 is 18.7 Å². The van der Waals surface area contributed by atoms with Gasteiger partial charge in [0.1, 0.15) is 10.8 Å². The second kappa shape index (κ2) is 6.68. The van der Waals surface area contributed by atoms with Crippen molar-refractivity contribution in [2.45, 2.75) is 6.54 Å². The number of carbonyl (C=O) groups is 1. The van der Waals surface area contributed by atoms with Gasteiger partial charge in [-0.1, -0.05) is 29.8 Å². The molecule has 132 valence electrons. The minimum Gasteiger partial charge on any atom is -0.454 e. The van der Waals surface area contributed by atoms with Gasteiger partial charge in [0.15, 0.2) is 17.3 Å². The molecule has 1 aromatic heterocycles. The number of benzene rings is 2. The second-order valence-electron chi connectivity index (χ2n) is 5.64. The molecule has 0 bridgehead atoms. The molecule has 2 heterocycles. The van der Waals surface area contributed by atoms with E-state index >= 15 is 0 Å². The van der Waals surface area contributed by atoms with Crippen LogP contribution in [0.15, 0.2) is 48.7 Å². The van der Waals surface area contributed by atoms with Gasteiger partial charge in [-0.25, -0.2) is 4.39 Å². The Morgan fingerprint density at radius 2 is 2.04 bits per heavy atom. The molecule has 26 heavy (non-hydrogen) atoms. The van der Waals surface area contributed by atoms with Crippen molar-refractivity contribution in [1.82, 2.24) is 9.78 Å². The van der Waals surface area contributed by atoms with Crippen LogP contribution >= 0.6 is 11.6 Å². The number of hydrogen-bond donors (Lipinski definition) is 1. The SMILES string of the molecule is O=C(Nc1nn(Cc2ccccc2F)cc1Cl)c1ccc2c(c1)OCO2. The molecule has 0 radical (unpaired) electrons. The number of nitrogens with one attached hydrogen (secondary N) is 1. The first-order valence-electron chi connectivity index (χ1n) is 7.77. The first kappa shape index (κ1) is 16.4. The van der Waals surface area contributed by atoms with E-state index in [0.29, 0.717) is 22.6 Å². The fourth-order valence-electron chi connectivity index (χ4n) is 2.58. The summed E-state index contributed by atoms with van der Waals surface area (Å²) in [5.74, 6) is 0.583. The van der Waals surface area contributed by atoms with E-state index in [4.69, 9.17) is 21.1 Å². The van der Waals surface area contributed by atoms with E-state index in [2.05, 4.69) is 10.4 Å². The van der Waals surface area contributed by atoms with Gasteiger partial charge in [-0.2, -0.15) is 5.10 Å². The Bertz CT molecular complexity index is 990. The fourth-order valence-corrected chi connectivity index (χ4v) is 2.78. The Labute approximate surface area is 153 Å². The summed E-state index contributed by atoms with van der Waals surface area (Å²) in [5, 5.41) is 7.12. The maximum Gasteiger partial charge on any atom is 0.257 e. The van der Waals surface area contributed by atoms with E-state index in [1.165, 1.54) is 16.9 Å². The van der Waals surface area contributed by atoms with E-state index < -0.39 is 0 Å². The molecule has 0 aliphatic carbocycles. The lowest BCUT2D eigenvalue weighted by molar-refractivity contribution is 0.102. The third kappa shape index (κ3) is 3.21. The van der Waals surface area contributed by atoms with Crippen molar-refractivity contribution in [3.05, 3.63) is 70.6 Å². The summed E-state index contributed by atoms with van der Waals surface area (Å²) in [7, 11) is 0. The lowest BCUT2D eigenvalue weighted by Crippen LogP contribution is -2.13. The van der Waals surface area contributed by atoms with Crippen LogP contribution in [0.25, 0.3) is 0 Å². The fraction of sp³-hybridized carbons (Fsp3) is 0.111. The van der Waals surface area contributed by atoms with Crippen LogP contribution in [0, 0.1) is 5.82 Å². The number of halogens is 2. The zero-order valence-electron chi connectivity index (χ0n) is 13.4. The van der Waals surface area contributed by atoms with Crippen LogP contribution in [0.3, 0.4) is 0 Å². The standard InChI is InChI=1S/C18H13ClFN3O3/c19-13-9-23(8-12-3-1-2-4-14(12)20)22-17(13)21-18(24)11-5-6-15-16(7-11)26-10-25-15/h1-7,9H,8,10H2,(H,21,22,24). The lowest BCUT2D eigenvalue weighted by atomic mass is 10.2. The van der Waals surface area contributed by atoms with E-state index in [-0.39, 0.29) is 35.9 Å². The maximum atomic E-state index is 13.8. The van der Waals surface area contributed by atoms with Crippen LogP contribution in [0.1, 0.15) is 15.9 Å². The summed E-state index contributed by atoms with van der Waals surface area (Å²) >= 11 is 6.14. The Hall–Kier alpha value is -3.06. The average molecular weight is 374 g/mol. The van der Waals surface area contributed by atoms with Gasteiger partial charge >= 0.3 is 0 Å². The normalized spacial score (nSPS) is 12.2. The van der Waals surface area contributed by atoms with Gasteiger partial charge in [-0.05, 0) is 24.3 Å². The summed E-state index contributed by atoms with van der Waals surface area (Å²) in [6, 6.07) is 11.3. The largest absolute Gasteiger partial charge is 0.454 e. The molecule has 0 saturated carbocycles. The Balaban J connectivity index is 1.51. The molecular weight excluding hydrogens is 361 g/mol. The first-order chi connectivity index (χ1) is 12.6. The molecule has 1 N–H and O–H groups in total. The highest BCUT2D eigenvalue weighted by Crippen LogP contribution is 2.32.